The lowest BCUT2D eigenvalue weighted by Gasteiger charge is -2.09. The van der Waals surface area contributed by atoms with Crippen molar-refractivity contribution >= 4 is 17.4 Å². The van der Waals surface area contributed by atoms with Crippen LogP contribution in [0.2, 0.25) is 5.02 Å². The molecule has 1 fully saturated rings. The van der Waals surface area contributed by atoms with Crippen molar-refractivity contribution in [3.05, 3.63) is 28.8 Å². The zero-order valence-electron chi connectivity index (χ0n) is 9.83. The van der Waals surface area contributed by atoms with Crippen LogP contribution in [0, 0.1) is 5.92 Å². The lowest BCUT2D eigenvalue weighted by atomic mass is 9.97. The zero-order chi connectivity index (χ0) is 12.3. The van der Waals surface area contributed by atoms with Crippen molar-refractivity contribution in [3.8, 4) is 5.75 Å². The number of carbonyl (C=O) groups is 1. The van der Waals surface area contributed by atoms with Crippen LogP contribution in [0.15, 0.2) is 18.2 Å². The molecule has 0 amide bonds. The number of carbonyl (C=O) groups excluding carboxylic acids is 1. The first-order valence-corrected chi connectivity index (χ1v) is 6.16. The van der Waals surface area contributed by atoms with E-state index in [4.69, 9.17) is 16.3 Å². The van der Waals surface area contributed by atoms with Gasteiger partial charge in [-0.15, -0.1) is 0 Å². The molecule has 92 valence electrons. The van der Waals surface area contributed by atoms with Crippen molar-refractivity contribution in [1.82, 2.24) is 5.32 Å². The molecule has 1 atom stereocenters. The standard InChI is InChI=1S/C13H16ClNO2/c1-17-13-7-10(2-3-11(13)14)12(16)6-9-4-5-15-8-9/h2-3,7,9,15H,4-6,8H2,1H3. The van der Waals surface area contributed by atoms with E-state index in [1.165, 1.54) is 0 Å². The molecule has 0 radical (unpaired) electrons. The third kappa shape index (κ3) is 2.99. The maximum absolute atomic E-state index is 12.1. The first kappa shape index (κ1) is 12.4. The summed E-state index contributed by atoms with van der Waals surface area (Å²) < 4.78 is 5.11. The van der Waals surface area contributed by atoms with E-state index in [1.54, 1.807) is 25.3 Å². The highest BCUT2D eigenvalue weighted by molar-refractivity contribution is 6.32. The topological polar surface area (TPSA) is 38.3 Å². The Morgan fingerprint density at radius 1 is 1.59 bits per heavy atom. The third-order valence-electron chi connectivity index (χ3n) is 3.11. The maximum atomic E-state index is 12.1. The van der Waals surface area contributed by atoms with Crippen molar-refractivity contribution in [2.45, 2.75) is 12.8 Å². The summed E-state index contributed by atoms with van der Waals surface area (Å²) in [6.07, 6.45) is 1.67. The van der Waals surface area contributed by atoms with Crippen LogP contribution in [-0.4, -0.2) is 26.0 Å². The van der Waals surface area contributed by atoms with Crippen LogP contribution in [0.3, 0.4) is 0 Å². The Bertz CT molecular complexity index is 414. The average Bonchev–Trinajstić information content (AvgIpc) is 2.82. The van der Waals surface area contributed by atoms with Gasteiger partial charge in [0.05, 0.1) is 12.1 Å². The maximum Gasteiger partial charge on any atom is 0.163 e. The minimum atomic E-state index is 0.161. The highest BCUT2D eigenvalue weighted by Crippen LogP contribution is 2.26. The van der Waals surface area contributed by atoms with Gasteiger partial charge in [-0.3, -0.25) is 4.79 Å². The van der Waals surface area contributed by atoms with Gasteiger partial charge in [0.2, 0.25) is 0 Å². The normalized spacial score (nSPS) is 19.3. The van der Waals surface area contributed by atoms with E-state index >= 15 is 0 Å². The minimum Gasteiger partial charge on any atom is -0.495 e. The third-order valence-corrected chi connectivity index (χ3v) is 3.42. The Labute approximate surface area is 106 Å². The smallest absolute Gasteiger partial charge is 0.163 e. The van der Waals surface area contributed by atoms with Gasteiger partial charge < -0.3 is 10.1 Å². The van der Waals surface area contributed by atoms with Crippen molar-refractivity contribution < 1.29 is 9.53 Å². The van der Waals surface area contributed by atoms with Crippen LogP contribution in [0.25, 0.3) is 0 Å². The molecule has 2 rings (SSSR count). The van der Waals surface area contributed by atoms with Crippen molar-refractivity contribution in [3.63, 3.8) is 0 Å². The first-order valence-electron chi connectivity index (χ1n) is 5.78. The molecule has 1 heterocycles. The molecular weight excluding hydrogens is 238 g/mol. The number of ether oxygens (including phenoxy) is 1. The quantitative estimate of drug-likeness (QED) is 0.838. The zero-order valence-corrected chi connectivity index (χ0v) is 10.6. The summed E-state index contributed by atoms with van der Waals surface area (Å²) in [7, 11) is 1.55. The molecule has 1 N–H and O–H groups in total. The summed E-state index contributed by atoms with van der Waals surface area (Å²) in [5.41, 5.74) is 0.679. The summed E-state index contributed by atoms with van der Waals surface area (Å²) in [6.45, 7) is 1.96. The summed E-state index contributed by atoms with van der Waals surface area (Å²) in [5, 5.41) is 3.80. The Morgan fingerprint density at radius 3 is 3.06 bits per heavy atom. The second-order valence-corrected chi connectivity index (χ2v) is 4.74. The predicted molar refractivity (Wildman–Crippen MR) is 67.9 cm³/mol. The van der Waals surface area contributed by atoms with Crippen molar-refractivity contribution in [2.75, 3.05) is 20.2 Å². The van der Waals surface area contributed by atoms with E-state index in [-0.39, 0.29) is 5.78 Å². The molecule has 1 aromatic carbocycles. The van der Waals surface area contributed by atoms with E-state index in [1.807, 2.05) is 0 Å². The molecule has 3 nitrogen and oxygen atoms in total. The number of benzene rings is 1. The number of ketones is 1. The van der Waals surface area contributed by atoms with E-state index in [9.17, 15) is 4.79 Å². The predicted octanol–water partition coefficient (Wildman–Crippen LogP) is 2.53. The summed E-state index contributed by atoms with van der Waals surface area (Å²) in [5.74, 6) is 1.18. The highest BCUT2D eigenvalue weighted by atomic mass is 35.5. The van der Waals surface area contributed by atoms with Crippen LogP contribution in [0.5, 0.6) is 5.75 Å². The van der Waals surface area contributed by atoms with Crippen molar-refractivity contribution in [2.24, 2.45) is 5.92 Å². The number of hydrogen-bond donors (Lipinski definition) is 1. The Kier molecular flexibility index (Phi) is 4.02. The fourth-order valence-corrected chi connectivity index (χ4v) is 2.30. The molecule has 1 aliphatic rings. The van der Waals surface area contributed by atoms with Crippen LogP contribution >= 0.6 is 11.6 Å². The Morgan fingerprint density at radius 2 is 2.41 bits per heavy atom. The number of hydrogen-bond acceptors (Lipinski definition) is 3. The lowest BCUT2D eigenvalue weighted by Crippen LogP contribution is -2.12. The van der Waals surface area contributed by atoms with Gasteiger partial charge in [-0.1, -0.05) is 11.6 Å². The summed E-state index contributed by atoms with van der Waals surface area (Å²) in [6, 6.07) is 5.18. The number of Topliss-reactive ketones (excluding diaryl/α,β-unsaturated/α-hetero) is 1. The molecule has 0 aliphatic carbocycles. The minimum absolute atomic E-state index is 0.161. The molecular formula is C13H16ClNO2. The molecule has 1 saturated heterocycles. The van der Waals surface area contributed by atoms with E-state index in [2.05, 4.69) is 5.32 Å². The number of methoxy groups -OCH3 is 1. The Balaban J connectivity index is 2.07. The lowest BCUT2D eigenvalue weighted by molar-refractivity contribution is 0.0964. The second kappa shape index (κ2) is 5.52. The summed E-state index contributed by atoms with van der Waals surface area (Å²) >= 11 is 5.93. The van der Waals surface area contributed by atoms with Gasteiger partial charge >= 0.3 is 0 Å². The molecule has 0 aromatic heterocycles. The molecule has 0 spiro atoms. The fourth-order valence-electron chi connectivity index (χ4n) is 2.10. The molecule has 1 unspecified atom stereocenters. The Hall–Kier alpha value is -1.06. The van der Waals surface area contributed by atoms with Gasteiger partial charge in [0.1, 0.15) is 5.75 Å². The van der Waals surface area contributed by atoms with Gasteiger partial charge in [-0.2, -0.15) is 0 Å². The number of halogens is 1. The molecule has 0 bridgehead atoms. The first-order chi connectivity index (χ1) is 8.20. The SMILES string of the molecule is COc1cc(C(=O)CC2CCNC2)ccc1Cl. The number of rotatable bonds is 4. The van der Waals surface area contributed by atoms with Crippen LogP contribution < -0.4 is 10.1 Å². The van der Waals surface area contributed by atoms with Crippen LogP contribution in [0.1, 0.15) is 23.2 Å². The van der Waals surface area contributed by atoms with Gasteiger partial charge in [0.15, 0.2) is 5.78 Å². The molecule has 4 heteroatoms. The van der Waals surface area contributed by atoms with Crippen LogP contribution in [0.4, 0.5) is 0 Å². The van der Waals surface area contributed by atoms with E-state index in [0.717, 1.165) is 19.5 Å². The van der Waals surface area contributed by atoms with Gasteiger partial charge in [-0.25, -0.2) is 0 Å². The largest absolute Gasteiger partial charge is 0.495 e. The van der Waals surface area contributed by atoms with E-state index < -0.39 is 0 Å². The average molecular weight is 254 g/mol. The molecule has 17 heavy (non-hydrogen) atoms. The van der Waals surface area contributed by atoms with Gasteiger partial charge in [0, 0.05) is 12.0 Å². The fraction of sp³-hybridized carbons (Fsp3) is 0.462. The van der Waals surface area contributed by atoms with Gasteiger partial charge in [0.25, 0.3) is 0 Å². The molecule has 1 aliphatic heterocycles. The second-order valence-electron chi connectivity index (χ2n) is 4.34. The molecule has 1 aromatic rings. The highest BCUT2D eigenvalue weighted by Gasteiger charge is 2.19. The van der Waals surface area contributed by atoms with E-state index in [0.29, 0.717) is 28.7 Å². The molecule has 0 saturated carbocycles. The van der Waals surface area contributed by atoms with Gasteiger partial charge in [-0.05, 0) is 43.6 Å². The van der Waals surface area contributed by atoms with Crippen LogP contribution in [-0.2, 0) is 0 Å². The monoisotopic (exact) mass is 253 g/mol. The summed E-state index contributed by atoms with van der Waals surface area (Å²) in [4.78, 5) is 12.1. The number of nitrogens with one attached hydrogen (secondary N) is 1. The van der Waals surface area contributed by atoms with Crippen molar-refractivity contribution in [1.29, 1.82) is 0 Å².